The first kappa shape index (κ1) is 9.48. The number of hydrogen-bond acceptors (Lipinski definition) is 3. The van der Waals surface area contributed by atoms with E-state index >= 15 is 0 Å². The second-order valence-corrected chi connectivity index (χ2v) is 3.08. The molecule has 0 atom stereocenters. The van der Waals surface area contributed by atoms with Crippen LogP contribution < -0.4 is 10.8 Å². The summed E-state index contributed by atoms with van der Waals surface area (Å²) < 4.78 is 0. The van der Waals surface area contributed by atoms with Crippen LogP contribution in [0.5, 0.6) is 0 Å². The molecule has 2 aromatic rings. The average molecular weight is 202 g/mol. The predicted molar refractivity (Wildman–Crippen MR) is 59.0 cm³/mol. The van der Waals surface area contributed by atoms with Crippen molar-refractivity contribution in [2.24, 2.45) is 0 Å². The normalized spacial score (nSPS) is 9.93. The van der Waals surface area contributed by atoms with Crippen molar-refractivity contribution in [3.8, 4) is 0 Å². The highest BCUT2D eigenvalue weighted by atomic mass is 16.5. The van der Waals surface area contributed by atoms with Crippen molar-refractivity contribution in [2.45, 2.75) is 0 Å². The zero-order chi connectivity index (χ0) is 10.7. The standard InChI is InChI=1S/C11H10N2O2/c14-7-12-10-5-1-4-9-8(10)3-2-6-11(9)13-15/h1-7,13,15H,(H,12,14). The lowest BCUT2D eigenvalue weighted by atomic mass is 10.1. The van der Waals surface area contributed by atoms with Crippen LogP contribution in [-0.4, -0.2) is 11.6 Å². The fraction of sp³-hybridized carbons (Fsp3) is 0. The molecule has 0 aliphatic rings. The third-order valence-corrected chi connectivity index (χ3v) is 2.26. The predicted octanol–water partition coefficient (Wildman–Crippen LogP) is 2.21. The molecule has 2 aromatic carbocycles. The molecule has 4 heteroatoms. The molecule has 0 radical (unpaired) electrons. The van der Waals surface area contributed by atoms with Crippen molar-refractivity contribution in [3.05, 3.63) is 36.4 Å². The van der Waals surface area contributed by atoms with Crippen LogP contribution in [0.25, 0.3) is 10.8 Å². The topological polar surface area (TPSA) is 61.4 Å². The van der Waals surface area contributed by atoms with Crippen LogP contribution in [0, 0.1) is 0 Å². The van der Waals surface area contributed by atoms with Gasteiger partial charge in [0.05, 0.1) is 5.69 Å². The quantitative estimate of drug-likeness (QED) is 0.528. The highest BCUT2D eigenvalue weighted by Gasteiger charge is 2.02. The summed E-state index contributed by atoms with van der Waals surface area (Å²) in [6.45, 7) is 0. The van der Waals surface area contributed by atoms with E-state index in [1.165, 1.54) is 0 Å². The van der Waals surface area contributed by atoms with Gasteiger partial charge in [0.25, 0.3) is 0 Å². The maximum Gasteiger partial charge on any atom is 0.211 e. The van der Waals surface area contributed by atoms with Gasteiger partial charge in [0.2, 0.25) is 6.41 Å². The molecule has 15 heavy (non-hydrogen) atoms. The van der Waals surface area contributed by atoms with Gasteiger partial charge in [-0.2, -0.15) is 0 Å². The van der Waals surface area contributed by atoms with Gasteiger partial charge in [0.15, 0.2) is 0 Å². The van der Waals surface area contributed by atoms with Crippen molar-refractivity contribution >= 4 is 28.6 Å². The minimum absolute atomic E-state index is 0.613. The molecule has 0 saturated carbocycles. The Labute approximate surface area is 86.5 Å². The van der Waals surface area contributed by atoms with Gasteiger partial charge in [-0.3, -0.25) is 15.5 Å². The zero-order valence-electron chi connectivity index (χ0n) is 7.90. The van der Waals surface area contributed by atoms with E-state index in [4.69, 9.17) is 5.21 Å². The number of carbonyl (C=O) groups is 1. The molecule has 0 spiro atoms. The van der Waals surface area contributed by atoms with E-state index in [9.17, 15) is 4.79 Å². The van der Waals surface area contributed by atoms with Gasteiger partial charge in [-0.1, -0.05) is 24.3 Å². The van der Waals surface area contributed by atoms with Crippen LogP contribution in [0.15, 0.2) is 36.4 Å². The van der Waals surface area contributed by atoms with Crippen molar-refractivity contribution in [2.75, 3.05) is 10.8 Å². The maximum absolute atomic E-state index is 10.4. The number of amides is 1. The smallest absolute Gasteiger partial charge is 0.211 e. The fourth-order valence-electron chi connectivity index (χ4n) is 1.60. The van der Waals surface area contributed by atoms with Crippen molar-refractivity contribution in [3.63, 3.8) is 0 Å². The Hall–Kier alpha value is -2.07. The second-order valence-electron chi connectivity index (χ2n) is 3.08. The number of fused-ring (bicyclic) bond motifs is 1. The van der Waals surface area contributed by atoms with Crippen molar-refractivity contribution < 1.29 is 10.0 Å². The van der Waals surface area contributed by atoms with E-state index in [1.54, 1.807) is 18.2 Å². The second kappa shape index (κ2) is 3.98. The van der Waals surface area contributed by atoms with Crippen LogP contribution in [-0.2, 0) is 4.79 Å². The molecule has 0 bridgehead atoms. The summed E-state index contributed by atoms with van der Waals surface area (Å²) in [6, 6.07) is 10.9. The minimum Gasteiger partial charge on any atom is -0.328 e. The Bertz CT molecular complexity index is 497. The summed E-state index contributed by atoms with van der Waals surface area (Å²) in [7, 11) is 0. The summed E-state index contributed by atoms with van der Waals surface area (Å²) in [6.07, 6.45) is 0.633. The van der Waals surface area contributed by atoms with Gasteiger partial charge in [0.1, 0.15) is 0 Å². The molecule has 0 fully saturated rings. The van der Waals surface area contributed by atoms with Gasteiger partial charge in [-0.05, 0) is 12.1 Å². The summed E-state index contributed by atoms with van der Waals surface area (Å²) in [4.78, 5) is 10.4. The molecule has 3 N–H and O–H groups in total. The average Bonchev–Trinajstić information content (AvgIpc) is 2.29. The molecule has 0 unspecified atom stereocenters. The molecule has 76 valence electrons. The molecule has 2 rings (SSSR count). The van der Waals surface area contributed by atoms with Crippen molar-refractivity contribution in [1.29, 1.82) is 0 Å². The number of hydrogen-bond donors (Lipinski definition) is 3. The molecule has 1 amide bonds. The van der Waals surface area contributed by atoms with Gasteiger partial charge in [0, 0.05) is 16.5 Å². The summed E-state index contributed by atoms with van der Waals surface area (Å²) in [5.41, 5.74) is 3.46. The Morgan fingerprint density at radius 1 is 1.00 bits per heavy atom. The molecular formula is C11H10N2O2. The van der Waals surface area contributed by atoms with Gasteiger partial charge in [-0.15, -0.1) is 0 Å². The molecule has 0 heterocycles. The van der Waals surface area contributed by atoms with Gasteiger partial charge < -0.3 is 5.32 Å². The monoisotopic (exact) mass is 202 g/mol. The van der Waals surface area contributed by atoms with Crippen LogP contribution in [0.4, 0.5) is 11.4 Å². The number of benzene rings is 2. The van der Waals surface area contributed by atoms with E-state index in [0.29, 0.717) is 12.1 Å². The van der Waals surface area contributed by atoms with Crippen LogP contribution in [0.3, 0.4) is 0 Å². The van der Waals surface area contributed by atoms with E-state index in [1.807, 2.05) is 18.2 Å². The fourth-order valence-corrected chi connectivity index (χ4v) is 1.60. The number of carbonyl (C=O) groups excluding carboxylic acids is 1. The van der Waals surface area contributed by atoms with E-state index in [2.05, 4.69) is 10.8 Å². The molecule has 0 saturated heterocycles. The molecule has 0 aromatic heterocycles. The molecule has 4 nitrogen and oxygen atoms in total. The van der Waals surface area contributed by atoms with Crippen LogP contribution in [0.2, 0.25) is 0 Å². The Kier molecular flexibility index (Phi) is 2.51. The lowest BCUT2D eigenvalue weighted by molar-refractivity contribution is -0.105. The van der Waals surface area contributed by atoms with Crippen molar-refractivity contribution in [1.82, 2.24) is 0 Å². The Balaban J connectivity index is 2.70. The number of rotatable bonds is 3. The molecule has 0 aliphatic heterocycles. The number of nitrogens with one attached hydrogen (secondary N) is 2. The van der Waals surface area contributed by atoms with E-state index in [0.717, 1.165) is 16.5 Å². The first-order chi connectivity index (χ1) is 7.36. The first-order valence-corrected chi connectivity index (χ1v) is 4.49. The maximum atomic E-state index is 10.4. The Morgan fingerprint density at radius 3 is 2.20 bits per heavy atom. The van der Waals surface area contributed by atoms with Gasteiger partial charge >= 0.3 is 0 Å². The summed E-state index contributed by atoms with van der Waals surface area (Å²) in [5.74, 6) is 0. The van der Waals surface area contributed by atoms with Crippen LogP contribution >= 0.6 is 0 Å². The van der Waals surface area contributed by atoms with Crippen LogP contribution in [0.1, 0.15) is 0 Å². The van der Waals surface area contributed by atoms with E-state index < -0.39 is 0 Å². The highest BCUT2D eigenvalue weighted by Crippen LogP contribution is 2.28. The molecule has 0 aliphatic carbocycles. The Morgan fingerprint density at radius 2 is 1.60 bits per heavy atom. The lowest BCUT2D eigenvalue weighted by Crippen LogP contribution is -1.96. The summed E-state index contributed by atoms with van der Waals surface area (Å²) >= 11 is 0. The van der Waals surface area contributed by atoms with Gasteiger partial charge in [-0.25, -0.2) is 0 Å². The number of anilines is 2. The highest BCUT2D eigenvalue weighted by molar-refractivity contribution is 6.03. The summed E-state index contributed by atoms with van der Waals surface area (Å²) in [5, 5.41) is 13.3. The third-order valence-electron chi connectivity index (χ3n) is 2.26. The van der Waals surface area contributed by atoms with E-state index in [-0.39, 0.29) is 0 Å². The minimum atomic E-state index is 0.613. The first-order valence-electron chi connectivity index (χ1n) is 4.49. The molecular weight excluding hydrogens is 192 g/mol. The largest absolute Gasteiger partial charge is 0.328 e. The lowest BCUT2D eigenvalue weighted by Gasteiger charge is -2.08. The SMILES string of the molecule is O=CNc1cccc2c(NO)cccc12. The zero-order valence-corrected chi connectivity index (χ0v) is 7.90. The third kappa shape index (κ3) is 1.62.